The molecule has 1 heterocycles. The SMILES string of the molecule is CC(C)c1ccc(NC(=O)N2CCCN(S(=O)(=O)c3ccc(Cl)c(Cl)c3)C2C(=O)NC2CCC(N)CC2)cc1. The summed E-state index contributed by atoms with van der Waals surface area (Å²) in [6.45, 7) is 4.42. The summed E-state index contributed by atoms with van der Waals surface area (Å²) < 4.78 is 28.7. The summed E-state index contributed by atoms with van der Waals surface area (Å²) in [5.41, 5.74) is 7.69. The van der Waals surface area contributed by atoms with Crippen LogP contribution in [0.3, 0.4) is 0 Å². The highest BCUT2D eigenvalue weighted by Gasteiger charge is 2.45. The minimum atomic E-state index is -4.21. The van der Waals surface area contributed by atoms with E-state index in [9.17, 15) is 18.0 Å². The fraction of sp³-hybridized carbons (Fsp3) is 0.481. The lowest BCUT2D eigenvalue weighted by Gasteiger charge is -2.42. The third-order valence-electron chi connectivity index (χ3n) is 7.29. The molecule has 1 unspecified atom stereocenters. The van der Waals surface area contributed by atoms with E-state index in [1.54, 1.807) is 12.1 Å². The van der Waals surface area contributed by atoms with Gasteiger partial charge in [-0.15, -0.1) is 0 Å². The van der Waals surface area contributed by atoms with Gasteiger partial charge in [0.2, 0.25) is 10.0 Å². The Bertz CT molecular complexity index is 1300. The number of hydrogen-bond acceptors (Lipinski definition) is 5. The Morgan fingerprint density at radius 1 is 0.974 bits per heavy atom. The van der Waals surface area contributed by atoms with E-state index >= 15 is 0 Å². The van der Waals surface area contributed by atoms with E-state index in [2.05, 4.69) is 24.5 Å². The average Bonchev–Trinajstić information content (AvgIpc) is 2.91. The summed E-state index contributed by atoms with van der Waals surface area (Å²) in [6.07, 6.45) is 1.86. The second kappa shape index (κ2) is 12.4. The Kier molecular flexibility index (Phi) is 9.44. The van der Waals surface area contributed by atoms with Crippen LogP contribution in [0.25, 0.3) is 0 Å². The summed E-state index contributed by atoms with van der Waals surface area (Å²) in [6, 6.07) is 10.8. The number of carbonyl (C=O) groups excluding carboxylic acids is 2. The number of halogens is 2. The smallest absolute Gasteiger partial charge is 0.323 e. The lowest BCUT2D eigenvalue weighted by Crippen LogP contribution is -2.65. The van der Waals surface area contributed by atoms with Crippen LogP contribution in [0.15, 0.2) is 47.4 Å². The first-order valence-electron chi connectivity index (χ1n) is 13.2. The highest BCUT2D eigenvalue weighted by Crippen LogP contribution is 2.30. The molecule has 2 aromatic rings. The summed E-state index contributed by atoms with van der Waals surface area (Å²) >= 11 is 12.1. The predicted octanol–water partition coefficient (Wildman–Crippen LogP) is 4.76. The fourth-order valence-electron chi connectivity index (χ4n) is 4.99. The molecule has 0 aromatic heterocycles. The highest BCUT2D eigenvalue weighted by atomic mass is 35.5. The molecule has 9 nitrogen and oxygen atoms in total. The zero-order valence-corrected chi connectivity index (χ0v) is 24.4. The molecule has 2 aromatic carbocycles. The minimum Gasteiger partial charge on any atom is -0.350 e. The summed E-state index contributed by atoms with van der Waals surface area (Å²) in [5, 5.41) is 6.10. The average molecular weight is 597 g/mol. The van der Waals surface area contributed by atoms with Crippen LogP contribution in [0.4, 0.5) is 10.5 Å². The van der Waals surface area contributed by atoms with Gasteiger partial charge in [0, 0.05) is 30.9 Å². The van der Waals surface area contributed by atoms with E-state index in [-0.39, 0.29) is 40.1 Å². The molecule has 1 saturated carbocycles. The molecule has 0 bridgehead atoms. The molecule has 0 radical (unpaired) electrons. The first-order chi connectivity index (χ1) is 18.5. The lowest BCUT2D eigenvalue weighted by atomic mass is 9.92. The van der Waals surface area contributed by atoms with Crippen LogP contribution in [-0.2, 0) is 14.8 Å². The third kappa shape index (κ3) is 6.86. The minimum absolute atomic E-state index is 0.0586. The van der Waals surface area contributed by atoms with Gasteiger partial charge in [0.1, 0.15) is 0 Å². The summed E-state index contributed by atoms with van der Waals surface area (Å²) in [5.74, 6) is -0.219. The largest absolute Gasteiger partial charge is 0.350 e. The molecule has 3 amide bonds. The molecule has 212 valence electrons. The number of carbonyl (C=O) groups is 2. The Labute approximate surface area is 240 Å². The van der Waals surface area contributed by atoms with Crippen LogP contribution in [0, 0.1) is 0 Å². The highest BCUT2D eigenvalue weighted by molar-refractivity contribution is 7.89. The maximum absolute atomic E-state index is 13.8. The van der Waals surface area contributed by atoms with Gasteiger partial charge in [-0.2, -0.15) is 4.31 Å². The number of nitrogens with one attached hydrogen (secondary N) is 2. The van der Waals surface area contributed by atoms with E-state index in [4.69, 9.17) is 28.9 Å². The number of nitrogens with two attached hydrogens (primary N) is 1. The fourth-order valence-corrected chi connectivity index (χ4v) is 6.97. The number of anilines is 1. The molecule has 1 atom stereocenters. The molecule has 1 aliphatic heterocycles. The van der Waals surface area contributed by atoms with Crippen molar-refractivity contribution in [2.45, 2.75) is 75.0 Å². The van der Waals surface area contributed by atoms with Crippen molar-refractivity contribution in [2.24, 2.45) is 5.73 Å². The maximum Gasteiger partial charge on any atom is 0.323 e. The first-order valence-corrected chi connectivity index (χ1v) is 15.4. The predicted molar refractivity (Wildman–Crippen MR) is 153 cm³/mol. The van der Waals surface area contributed by atoms with Crippen LogP contribution < -0.4 is 16.4 Å². The van der Waals surface area contributed by atoms with Gasteiger partial charge >= 0.3 is 6.03 Å². The van der Waals surface area contributed by atoms with E-state index < -0.39 is 28.1 Å². The van der Waals surface area contributed by atoms with Gasteiger partial charge in [0.15, 0.2) is 6.17 Å². The van der Waals surface area contributed by atoms with Crippen molar-refractivity contribution in [1.82, 2.24) is 14.5 Å². The maximum atomic E-state index is 13.8. The number of amides is 3. The molecule has 2 fully saturated rings. The van der Waals surface area contributed by atoms with Crippen LogP contribution >= 0.6 is 23.2 Å². The molecule has 4 rings (SSSR count). The topological polar surface area (TPSA) is 125 Å². The van der Waals surface area contributed by atoms with E-state index in [0.717, 1.165) is 22.7 Å². The molecule has 4 N–H and O–H groups in total. The number of sulfonamides is 1. The third-order valence-corrected chi connectivity index (χ3v) is 9.87. The molecular weight excluding hydrogens is 561 g/mol. The normalized spacial score (nSPS) is 22.5. The molecular formula is C27H35Cl2N5O4S. The number of hydrogen-bond donors (Lipinski definition) is 3. The van der Waals surface area contributed by atoms with Crippen molar-refractivity contribution in [3.63, 3.8) is 0 Å². The van der Waals surface area contributed by atoms with Gasteiger partial charge in [0.25, 0.3) is 5.91 Å². The summed E-state index contributed by atoms with van der Waals surface area (Å²) in [7, 11) is -4.21. The quantitative estimate of drug-likeness (QED) is 0.444. The Morgan fingerprint density at radius 2 is 1.64 bits per heavy atom. The van der Waals surface area contributed by atoms with Crippen LogP contribution in [0.1, 0.15) is 57.4 Å². The molecule has 1 aliphatic carbocycles. The Hall–Kier alpha value is -2.37. The van der Waals surface area contributed by atoms with Crippen molar-refractivity contribution in [1.29, 1.82) is 0 Å². The van der Waals surface area contributed by atoms with Crippen molar-refractivity contribution in [3.8, 4) is 0 Å². The number of rotatable bonds is 6. The number of urea groups is 1. The standard InChI is InChI=1S/C27H35Cl2N5O4S/c1-17(2)18-4-8-21(9-5-18)32-27(36)33-14-3-15-34(39(37,38)22-12-13-23(28)24(29)16-22)26(33)25(35)31-20-10-6-19(30)7-11-20/h4-5,8-9,12-13,16-17,19-20,26H,3,6-7,10-11,14-15,30H2,1-2H3,(H,31,35)(H,32,36). The second-order valence-corrected chi connectivity index (χ2v) is 13.1. The molecule has 2 aliphatic rings. The Balaban J connectivity index is 1.64. The zero-order chi connectivity index (χ0) is 28.3. The zero-order valence-electron chi connectivity index (χ0n) is 22.1. The molecule has 1 saturated heterocycles. The number of nitrogens with zero attached hydrogens (tertiary/aromatic N) is 2. The summed E-state index contributed by atoms with van der Waals surface area (Å²) in [4.78, 5) is 28.4. The molecule has 12 heteroatoms. The van der Waals surface area contributed by atoms with Crippen molar-refractivity contribution >= 4 is 50.9 Å². The van der Waals surface area contributed by atoms with Gasteiger partial charge in [-0.3, -0.25) is 9.69 Å². The van der Waals surface area contributed by atoms with Gasteiger partial charge in [0.05, 0.1) is 14.9 Å². The lowest BCUT2D eigenvalue weighted by molar-refractivity contribution is -0.131. The van der Waals surface area contributed by atoms with Crippen molar-refractivity contribution in [3.05, 3.63) is 58.1 Å². The second-order valence-electron chi connectivity index (χ2n) is 10.4. The van der Waals surface area contributed by atoms with Crippen LogP contribution in [-0.4, -0.2) is 60.9 Å². The molecule has 0 spiro atoms. The van der Waals surface area contributed by atoms with Crippen molar-refractivity contribution in [2.75, 3.05) is 18.4 Å². The first kappa shape index (κ1) is 29.6. The van der Waals surface area contributed by atoms with E-state index in [1.165, 1.54) is 23.1 Å². The van der Waals surface area contributed by atoms with E-state index in [1.807, 2.05) is 12.1 Å². The van der Waals surface area contributed by atoms with E-state index in [0.29, 0.717) is 30.9 Å². The van der Waals surface area contributed by atoms with Crippen LogP contribution in [0.2, 0.25) is 10.0 Å². The monoisotopic (exact) mass is 595 g/mol. The van der Waals surface area contributed by atoms with Gasteiger partial charge in [-0.1, -0.05) is 49.2 Å². The van der Waals surface area contributed by atoms with Crippen molar-refractivity contribution < 1.29 is 18.0 Å². The molecule has 39 heavy (non-hydrogen) atoms. The number of benzene rings is 2. The van der Waals surface area contributed by atoms with Gasteiger partial charge in [-0.05, 0) is 73.9 Å². The van der Waals surface area contributed by atoms with Crippen LogP contribution in [0.5, 0.6) is 0 Å². The van der Waals surface area contributed by atoms with Gasteiger partial charge in [-0.25, -0.2) is 13.2 Å². The van der Waals surface area contributed by atoms with Gasteiger partial charge < -0.3 is 16.4 Å². The Morgan fingerprint density at radius 3 is 2.26 bits per heavy atom.